The van der Waals surface area contributed by atoms with E-state index in [0.717, 1.165) is 35.2 Å². The van der Waals surface area contributed by atoms with Crippen LogP contribution in [0.3, 0.4) is 0 Å². The molecule has 1 aromatic heterocycles. The van der Waals surface area contributed by atoms with E-state index in [-0.39, 0.29) is 25.4 Å². The van der Waals surface area contributed by atoms with Gasteiger partial charge < -0.3 is 41.6 Å². The summed E-state index contributed by atoms with van der Waals surface area (Å²) in [6.07, 6.45) is 3.59. The van der Waals surface area contributed by atoms with Crippen LogP contribution < -0.4 is 31.7 Å². The molecular formula is C29H39N7O5. The number of likely N-dealkylation sites (N-methyl/N-ethyl adjacent to an activating group) is 1. The number of ether oxygens (including phenoxy) is 1. The molecule has 1 atom stereocenters. The number of primary amides is 1. The van der Waals surface area contributed by atoms with E-state index in [2.05, 4.69) is 31.2 Å². The second-order valence-electron chi connectivity index (χ2n) is 9.98. The van der Waals surface area contributed by atoms with Gasteiger partial charge in [-0.05, 0) is 68.8 Å². The number of benzene rings is 2. The molecule has 0 aliphatic rings. The lowest BCUT2D eigenvalue weighted by atomic mass is 10.1. The molecule has 0 spiro atoms. The quantitative estimate of drug-likeness (QED) is 0.154. The van der Waals surface area contributed by atoms with Crippen LogP contribution in [0.4, 0.5) is 10.5 Å². The number of nitrogens with zero attached hydrogens (tertiary/aromatic N) is 1. The predicted octanol–water partition coefficient (Wildman–Crippen LogP) is 1.86. The zero-order valence-electron chi connectivity index (χ0n) is 23.7. The van der Waals surface area contributed by atoms with Gasteiger partial charge in [0, 0.05) is 42.8 Å². The van der Waals surface area contributed by atoms with Gasteiger partial charge in [-0.1, -0.05) is 18.2 Å². The smallest absolute Gasteiger partial charge is 0.312 e. The number of nitrogens with one attached hydrogen (secondary N) is 5. The second-order valence-corrected chi connectivity index (χ2v) is 9.98. The molecule has 41 heavy (non-hydrogen) atoms. The Bertz CT molecular complexity index is 1340. The molecule has 3 aromatic rings. The standard InChI is InChI=1S/C29H39N7O5/c1-19(37)32-17-26(38)35-24(7-5-14-31-29(30)40)28(39)34-22-11-9-20(10-12-22)18-41-25-8-4-6-23-27(25)21(16-33-23)13-15-36(2)3/h4,6,8-12,16,24,33H,5,7,13-15,17-18H2,1-3H3,(H,32,37)(H,34,39)(H,35,38)(H3,30,31,40)/t24-/m0/s1. The molecule has 0 aliphatic heterocycles. The van der Waals surface area contributed by atoms with Gasteiger partial charge in [0.05, 0.1) is 6.54 Å². The molecular weight excluding hydrogens is 526 g/mol. The van der Waals surface area contributed by atoms with Crippen LogP contribution in [0.5, 0.6) is 5.75 Å². The Balaban J connectivity index is 1.60. The molecule has 1 heterocycles. The minimum absolute atomic E-state index is 0.249. The van der Waals surface area contributed by atoms with Crippen molar-refractivity contribution in [1.82, 2.24) is 25.8 Å². The van der Waals surface area contributed by atoms with Crippen LogP contribution in [0, 0.1) is 0 Å². The van der Waals surface area contributed by atoms with Crippen LogP contribution in [0.1, 0.15) is 30.9 Å². The predicted molar refractivity (Wildman–Crippen MR) is 157 cm³/mol. The number of anilines is 1. The van der Waals surface area contributed by atoms with E-state index in [9.17, 15) is 19.2 Å². The lowest BCUT2D eigenvalue weighted by Gasteiger charge is -2.19. The minimum atomic E-state index is -0.877. The van der Waals surface area contributed by atoms with E-state index in [4.69, 9.17) is 10.5 Å². The Labute approximate surface area is 239 Å². The summed E-state index contributed by atoms with van der Waals surface area (Å²) in [5, 5.41) is 11.4. The summed E-state index contributed by atoms with van der Waals surface area (Å²) in [5.74, 6) is -0.476. The number of nitrogens with two attached hydrogens (primary N) is 1. The number of H-pyrrole nitrogens is 1. The van der Waals surface area contributed by atoms with Crippen LogP contribution in [-0.2, 0) is 27.4 Å². The zero-order chi connectivity index (χ0) is 29.8. The summed E-state index contributed by atoms with van der Waals surface area (Å²) in [6, 6.07) is 11.7. The van der Waals surface area contributed by atoms with Crippen molar-refractivity contribution in [1.29, 1.82) is 0 Å². The Hall–Kier alpha value is -4.58. The van der Waals surface area contributed by atoms with E-state index >= 15 is 0 Å². The Morgan fingerprint density at radius 1 is 1.05 bits per heavy atom. The van der Waals surface area contributed by atoms with Crippen molar-refractivity contribution >= 4 is 40.3 Å². The van der Waals surface area contributed by atoms with Crippen molar-refractivity contribution in [3.05, 3.63) is 59.8 Å². The van der Waals surface area contributed by atoms with E-state index in [1.165, 1.54) is 12.5 Å². The van der Waals surface area contributed by atoms with Crippen LogP contribution in [0.2, 0.25) is 0 Å². The highest BCUT2D eigenvalue weighted by atomic mass is 16.5. The number of urea groups is 1. The van der Waals surface area contributed by atoms with Gasteiger partial charge in [-0.15, -0.1) is 0 Å². The van der Waals surface area contributed by atoms with Crippen molar-refractivity contribution in [2.24, 2.45) is 5.73 Å². The first-order chi connectivity index (χ1) is 19.6. The van der Waals surface area contributed by atoms with Gasteiger partial charge in [0.15, 0.2) is 0 Å². The highest BCUT2D eigenvalue weighted by Crippen LogP contribution is 2.30. The van der Waals surface area contributed by atoms with Gasteiger partial charge in [0.2, 0.25) is 17.7 Å². The van der Waals surface area contributed by atoms with Crippen LogP contribution >= 0.6 is 0 Å². The van der Waals surface area contributed by atoms with Crippen LogP contribution in [-0.4, -0.2) is 73.4 Å². The normalized spacial score (nSPS) is 11.6. The number of rotatable bonds is 15. The fourth-order valence-electron chi connectivity index (χ4n) is 4.19. The summed E-state index contributed by atoms with van der Waals surface area (Å²) >= 11 is 0. The van der Waals surface area contributed by atoms with Gasteiger partial charge in [0.1, 0.15) is 18.4 Å². The third-order valence-electron chi connectivity index (χ3n) is 6.31. The molecule has 12 nitrogen and oxygen atoms in total. The average Bonchev–Trinajstić information content (AvgIpc) is 3.35. The van der Waals surface area contributed by atoms with Gasteiger partial charge >= 0.3 is 6.03 Å². The van der Waals surface area contributed by atoms with Gasteiger partial charge in [0.25, 0.3) is 0 Å². The maximum atomic E-state index is 13.0. The fourth-order valence-corrected chi connectivity index (χ4v) is 4.19. The van der Waals surface area contributed by atoms with Crippen molar-refractivity contribution in [3.8, 4) is 5.75 Å². The number of carbonyl (C=O) groups is 4. The lowest BCUT2D eigenvalue weighted by molar-refractivity contribution is -0.127. The molecule has 0 bridgehead atoms. The topological polar surface area (TPSA) is 171 Å². The molecule has 0 saturated heterocycles. The summed E-state index contributed by atoms with van der Waals surface area (Å²) < 4.78 is 6.19. The van der Waals surface area contributed by atoms with Gasteiger partial charge in [-0.3, -0.25) is 14.4 Å². The molecule has 0 aliphatic carbocycles. The number of aromatic nitrogens is 1. The first-order valence-corrected chi connectivity index (χ1v) is 13.5. The lowest BCUT2D eigenvalue weighted by Crippen LogP contribution is -2.47. The minimum Gasteiger partial charge on any atom is -0.488 e. The highest BCUT2D eigenvalue weighted by Gasteiger charge is 2.21. The molecule has 0 fully saturated rings. The van der Waals surface area contributed by atoms with Gasteiger partial charge in [-0.2, -0.15) is 0 Å². The van der Waals surface area contributed by atoms with Crippen molar-refractivity contribution in [3.63, 3.8) is 0 Å². The Morgan fingerprint density at radius 3 is 2.49 bits per heavy atom. The zero-order valence-corrected chi connectivity index (χ0v) is 23.7. The first kappa shape index (κ1) is 31.0. The van der Waals surface area contributed by atoms with E-state index in [1.807, 2.05) is 50.6 Å². The molecule has 0 unspecified atom stereocenters. The molecule has 2 aromatic carbocycles. The third-order valence-corrected chi connectivity index (χ3v) is 6.31. The van der Waals surface area contributed by atoms with Crippen molar-refractivity contribution < 1.29 is 23.9 Å². The summed E-state index contributed by atoms with van der Waals surface area (Å²) in [6.45, 7) is 2.58. The largest absolute Gasteiger partial charge is 0.488 e. The molecule has 5 amide bonds. The average molecular weight is 566 g/mol. The number of aromatic amines is 1. The number of carbonyl (C=O) groups excluding carboxylic acids is 4. The van der Waals surface area contributed by atoms with E-state index in [1.54, 1.807) is 12.1 Å². The SMILES string of the molecule is CC(=O)NCC(=O)N[C@@H](CCCNC(N)=O)C(=O)Nc1ccc(COc2cccc3[nH]cc(CCN(C)C)c23)cc1. The third kappa shape index (κ3) is 10.2. The molecule has 12 heteroatoms. The Kier molecular flexibility index (Phi) is 11.5. The highest BCUT2D eigenvalue weighted by molar-refractivity contribution is 5.97. The second kappa shape index (κ2) is 15.3. The number of hydrogen-bond donors (Lipinski definition) is 6. The van der Waals surface area contributed by atoms with E-state index in [0.29, 0.717) is 18.7 Å². The Morgan fingerprint density at radius 2 is 1.80 bits per heavy atom. The van der Waals surface area contributed by atoms with E-state index < -0.39 is 23.9 Å². The molecule has 7 N–H and O–H groups in total. The maximum absolute atomic E-state index is 13.0. The number of amides is 5. The number of fused-ring (bicyclic) bond motifs is 1. The maximum Gasteiger partial charge on any atom is 0.312 e. The summed E-state index contributed by atoms with van der Waals surface area (Å²) in [7, 11) is 4.10. The molecule has 3 rings (SSSR count). The monoisotopic (exact) mass is 565 g/mol. The summed E-state index contributed by atoms with van der Waals surface area (Å²) in [4.78, 5) is 52.7. The van der Waals surface area contributed by atoms with Gasteiger partial charge in [-0.25, -0.2) is 4.79 Å². The fraction of sp³-hybridized carbons (Fsp3) is 0.379. The van der Waals surface area contributed by atoms with Crippen molar-refractivity contribution in [2.45, 2.75) is 38.8 Å². The van der Waals surface area contributed by atoms with Crippen LogP contribution in [0.15, 0.2) is 48.7 Å². The summed E-state index contributed by atoms with van der Waals surface area (Å²) in [5.41, 5.74) is 8.78. The van der Waals surface area contributed by atoms with Crippen LogP contribution in [0.25, 0.3) is 10.9 Å². The number of hydrogen-bond acceptors (Lipinski definition) is 6. The first-order valence-electron chi connectivity index (χ1n) is 13.5. The molecule has 0 saturated carbocycles. The molecule has 0 radical (unpaired) electrons. The van der Waals surface area contributed by atoms with Crippen molar-refractivity contribution in [2.75, 3.05) is 39.0 Å². The molecule has 220 valence electrons.